The quantitative estimate of drug-likeness (QED) is 0.574. The molecule has 1 aliphatic heterocycles. The lowest BCUT2D eigenvalue weighted by Crippen LogP contribution is -2.47. The van der Waals surface area contributed by atoms with Crippen LogP contribution in [0.5, 0.6) is 5.75 Å². The number of hydrogen-bond acceptors (Lipinski definition) is 7. The second-order valence-corrected chi connectivity index (χ2v) is 11.1. The van der Waals surface area contributed by atoms with Crippen LogP contribution in [0, 0.1) is 11.3 Å². The van der Waals surface area contributed by atoms with Crippen molar-refractivity contribution in [3.05, 3.63) is 36.3 Å². The van der Waals surface area contributed by atoms with Crippen molar-refractivity contribution in [2.75, 3.05) is 30.9 Å². The van der Waals surface area contributed by atoms with Crippen LogP contribution < -0.4 is 9.64 Å². The summed E-state index contributed by atoms with van der Waals surface area (Å²) in [4.78, 5) is 15.4. The van der Waals surface area contributed by atoms with Gasteiger partial charge in [-0.25, -0.2) is 23.4 Å². The predicted molar refractivity (Wildman–Crippen MR) is 120 cm³/mol. The topological polar surface area (TPSA) is 85.3 Å². The summed E-state index contributed by atoms with van der Waals surface area (Å²) >= 11 is 0. The molecule has 2 aliphatic rings. The fraction of sp³-hybridized carbons (Fsp3) is 0.609. The monoisotopic (exact) mass is 444 g/mol. The van der Waals surface area contributed by atoms with Crippen LogP contribution in [0.3, 0.4) is 0 Å². The smallest absolute Gasteiger partial charge is 0.225 e. The van der Waals surface area contributed by atoms with Gasteiger partial charge in [-0.1, -0.05) is 6.92 Å². The van der Waals surface area contributed by atoms with Gasteiger partial charge in [0.1, 0.15) is 5.75 Å². The van der Waals surface area contributed by atoms with E-state index >= 15 is 0 Å². The number of nitrogens with zero attached hydrogens (tertiary/aromatic N) is 4. The Morgan fingerprint density at radius 1 is 1.10 bits per heavy atom. The van der Waals surface area contributed by atoms with Gasteiger partial charge in [0.15, 0.2) is 14.9 Å². The maximum atomic E-state index is 11.4. The highest BCUT2D eigenvalue weighted by Crippen LogP contribution is 2.54. The Hall–Kier alpha value is -2.22. The summed E-state index contributed by atoms with van der Waals surface area (Å²) in [5, 5.41) is 0.0789. The number of aryl methyl sites for hydroxylation is 1. The third kappa shape index (κ3) is 5.34. The van der Waals surface area contributed by atoms with Gasteiger partial charge in [-0.2, -0.15) is 0 Å². The van der Waals surface area contributed by atoms with Gasteiger partial charge in [0, 0.05) is 31.7 Å². The van der Waals surface area contributed by atoms with Gasteiger partial charge in [-0.3, -0.25) is 0 Å². The molecule has 1 spiro atoms. The zero-order valence-corrected chi connectivity index (χ0v) is 19.3. The zero-order valence-electron chi connectivity index (χ0n) is 18.5. The van der Waals surface area contributed by atoms with E-state index in [1.165, 1.54) is 49.9 Å². The predicted octanol–water partition coefficient (Wildman–Crippen LogP) is 3.69. The maximum Gasteiger partial charge on any atom is 0.225 e. The largest absolute Gasteiger partial charge is 0.492 e. The van der Waals surface area contributed by atoms with Crippen LogP contribution >= 0.6 is 0 Å². The number of anilines is 1. The lowest BCUT2D eigenvalue weighted by atomic mass is 9.56. The van der Waals surface area contributed by atoms with Crippen molar-refractivity contribution in [1.82, 2.24) is 15.0 Å². The minimum Gasteiger partial charge on any atom is -0.492 e. The summed E-state index contributed by atoms with van der Waals surface area (Å²) in [6, 6.07) is 3.17. The summed E-state index contributed by atoms with van der Waals surface area (Å²) in [5.41, 5.74) is 1.71. The zero-order chi connectivity index (χ0) is 21.9. The number of pyridine rings is 1. The van der Waals surface area contributed by atoms with Crippen LogP contribution in [-0.4, -0.2) is 49.3 Å². The minimum absolute atomic E-state index is 0.0789. The van der Waals surface area contributed by atoms with Gasteiger partial charge in [0.2, 0.25) is 5.95 Å². The normalized spacial score (nSPS) is 18.7. The molecule has 7 nitrogen and oxygen atoms in total. The number of ether oxygens (including phenoxy) is 1. The first kappa shape index (κ1) is 22.0. The van der Waals surface area contributed by atoms with Gasteiger partial charge >= 0.3 is 0 Å². The average molecular weight is 445 g/mol. The Balaban J connectivity index is 1.14. The molecular formula is C23H32N4O3S. The van der Waals surface area contributed by atoms with Crippen molar-refractivity contribution in [3.63, 3.8) is 0 Å². The van der Waals surface area contributed by atoms with Gasteiger partial charge in [0.25, 0.3) is 0 Å². The molecule has 0 bridgehead atoms. The van der Waals surface area contributed by atoms with Crippen LogP contribution in [-0.2, 0) is 16.3 Å². The van der Waals surface area contributed by atoms with Crippen LogP contribution in [0.4, 0.5) is 5.95 Å². The standard InChI is InChI=1S/C23H32N4O3S/c1-3-18-15-25-22(26-16-18)27-10-8-23(9-11-27)13-19(14-23)5-4-12-30-20-6-7-21(24-17-20)31(2,28)29/h6-7,15-17,19H,3-5,8-14H2,1-2H3. The molecule has 0 unspecified atom stereocenters. The molecular weight excluding hydrogens is 412 g/mol. The van der Waals surface area contributed by atoms with Gasteiger partial charge in [0.05, 0.1) is 12.8 Å². The van der Waals surface area contributed by atoms with E-state index < -0.39 is 9.84 Å². The SMILES string of the molecule is CCc1cnc(N2CCC3(CC2)CC(CCCOc2ccc(S(C)(=O)=O)nc2)C3)nc1. The van der Waals surface area contributed by atoms with Crippen LogP contribution in [0.15, 0.2) is 35.7 Å². The lowest BCUT2D eigenvalue weighted by Gasteiger charge is -2.52. The second-order valence-electron chi connectivity index (χ2n) is 9.10. The number of aromatic nitrogens is 3. The van der Waals surface area contributed by atoms with Crippen LogP contribution in [0.2, 0.25) is 0 Å². The van der Waals surface area contributed by atoms with Crippen molar-refractivity contribution < 1.29 is 13.2 Å². The highest BCUT2D eigenvalue weighted by Gasteiger charge is 2.45. The van der Waals surface area contributed by atoms with Crippen molar-refractivity contribution in [1.29, 1.82) is 0 Å². The highest BCUT2D eigenvalue weighted by molar-refractivity contribution is 7.90. The molecule has 8 heteroatoms. The summed E-state index contributed by atoms with van der Waals surface area (Å²) in [7, 11) is -3.26. The van der Waals surface area contributed by atoms with E-state index in [2.05, 4.69) is 26.8 Å². The molecule has 4 rings (SSSR count). The number of sulfone groups is 1. The first-order valence-electron chi connectivity index (χ1n) is 11.2. The average Bonchev–Trinajstić information content (AvgIpc) is 2.75. The Morgan fingerprint density at radius 3 is 2.39 bits per heavy atom. The Bertz CT molecular complexity index is 961. The molecule has 2 aromatic heterocycles. The van der Waals surface area contributed by atoms with E-state index in [-0.39, 0.29) is 5.03 Å². The van der Waals surface area contributed by atoms with Crippen molar-refractivity contribution in [2.24, 2.45) is 11.3 Å². The van der Waals surface area contributed by atoms with Crippen molar-refractivity contribution in [2.45, 2.75) is 56.9 Å². The fourth-order valence-electron chi connectivity index (χ4n) is 4.89. The molecule has 3 heterocycles. The first-order valence-corrected chi connectivity index (χ1v) is 13.1. The Kier molecular flexibility index (Phi) is 6.46. The third-order valence-corrected chi connectivity index (χ3v) is 7.77. The molecule has 31 heavy (non-hydrogen) atoms. The van der Waals surface area contributed by atoms with E-state index in [1.54, 1.807) is 6.07 Å². The molecule has 0 N–H and O–H groups in total. The van der Waals surface area contributed by atoms with E-state index in [9.17, 15) is 8.42 Å². The first-order chi connectivity index (χ1) is 14.9. The molecule has 168 valence electrons. The fourth-order valence-corrected chi connectivity index (χ4v) is 5.45. The van der Waals surface area contributed by atoms with Crippen molar-refractivity contribution >= 4 is 15.8 Å². The Morgan fingerprint density at radius 2 is 1.81 bits per heavy atom. The van der Waals surface area contributed by atoms with Crippen LogP contribution in [0.25, 0.3) is 0 Å². The molecule has 0 aromatic carbocycles. The molecule has 1 aliphatic carbocycles. The third-order valence-electron chi connectivity index (χ3n) is 6.76. The second kappa shape index (κ2) is 9.10. The molecule has 2 fully saturated rings. The minimum atomic E-state index is -3.26. The van der Waals surface area contributed by atoms with Crippen molar-refractivity contribution in [3.8, 4) is 5.75 Å². The molecule has 1 saturated carbocycles. The summed E-state index contributed by atoms with van der Waals surface area (Å²) in [6.07, 6.45) is 14.8. The molecule has 0 radical (unpaired) electrons. The summed E-state index contributed by atoms with van der Waals surface area (Å²) < 4.78 is 28.6. The Labute approximate surface area is 185 Å². The number of hydrogen-bond donors (Lipinski definition) is 0. The van der Waals surface area contributed by atoms with Gasteiger partial charge in [-0.15, -0.1) is 0 Å². The molecule has 2 aromatic rings. The van der Waals surface area contributed by atoms with Crippen LogP contribution in [0.1, 0.15) is 51.0 Å². The van der Waals surface area contributed by atoms with Gasteiger partial charge < -0.3 is 9.64 Å². The molecule has 1 saturated heterocycles. The van der Waals surface area contributed by atoms with Gasteiger partial charge in [-0.05, 0) is 74.0 Å². The van der Waals surface area contributed by atoms with E-state index in [0.29, 0.717) is 17.8 Å². The van der Waals surface area contributed by atoms with E-state index in [4.69, 9.17) is 4.74 Å². The maximum absolute atomic E-state index is 11.4. The lowest BCUT2D eigenvalue weighted by molar-refractivity contribution is 0.0205. The molecule has 0 atom stereocenters. The van der Waals surface area contributed by atoms with E-state index in [1.807, 2.05) is 12.4 Å². The summed E-state index contributed by atoms with van der Waals surface area (Å²) in [6.45, 7) is 4.87. The highest BCUT2D eigenvalue weighted by atomic mass is 32.2. The van der Waals surface area contributed by atoms with E-state index in [0.717, 1.165) is 44.1 Å². The number of piperidine rings is 1. The number of rotatable bonds is 8. The molecule has 0 amide bonds. The summed E-state index contributed by atoms with van der Waals surface area (Å²) in [5.74, 6) is 2.29.